The number of hydrogen-bond acceptors (Lipinski definition) is 6. The number of carbonyl (C=O) groups is 1. The minimum Gasteiger partial charge on any atom is -0.353 e. The number of aromatic nitrogens is 5. The molecule has 7 rings (SSSR count). The van der Waals surface area contributed by atoms with E-state index in [2.05, 4.69) is 79.1 Å². The van der Waals surface area contributed by atoms with E-state index in [0.29, 0.717) is 18.0 Å². The quantitative estimate of drug-likeness (QED) is 0.189. The molecule has 8 nitrogen and oxygen atoms in total. The maximum atomic E-state index is 12.7. The lowest BCUT2D eigenvalue weighted by molar-refractivity contribution is -0.117. The van der Waals surface area contributed by atoms with Crippen LogP contribution in [0.4, 0.5) is 5.69 Å². The maximum Gasteiger partial charge on any atom is 0.224 e. The van der Waals surface area contributed by atoms with Crippen LogP contribution in [0.15, 0.2) is 67.1 Å². The largest absolute Gasteiger partial charge is 0.353 e. The lowest BCUT2D eigenvalue weighted by Gasteiger charge is -2.21. The molecule has 40 heavy (non-hydrogen) atoms. The summed E-state index contributed by atoms with van der Waals surface area (Å²) in [4.78, 5) is 27.8. The summed E-state index contributed by atoms with van der Waals surface area (Å²) in [6.45, 7) is 4.09. The van der Waals surface area contributed by atoms with Gasteiger partial charge < -0.3 is 15.6 Å². The van der Waals surface area contributed by atoms with Gasteiger partial charge in [-0.1, -0.05) is 12.1 Å². The SMILES string of the molecule is Cc1ccc(-c2cccc3[nH]c(-c4n[nH]c5cnc(-c6cncc(NC(=O)CC7CCNCC7)c6)cc45)cc23)s1. The average Bonchev–Trinajstić information content (AvgIpc) is 3.71. The van der Waals surface area contributed by atoms with Gasteiger partial charge in [0.15, 0.2) is 0 Å². The average molecular weight is 548 g/mol. The lowest BCUT2D eigenvalue weighted by Crippen LogP contribution is -2.30. The Morgan fingerprint density at radius 3 is 2.77 bits per heavy atom. The van der Waals surface area contributed by atoms with Crippen molar-refractivity contribution in [2.75, 3.05) is 18.4 Å². The Labute approximate surface area is 235 Å². The molecule has 6 aromatic rings. The van der Waals surface area contributed by atoms with Gasteiger partial charge >= 0.3 is 0 Å². The topological polar surface area (TPSA) is 111 Å². The van der Waals surface area contributed by atoms with E-state index in [1.165, 1.54) is 20.7 Å². The first-order valence-electron chi connectivity index (χ1n) is 13.6. The predicted molar refractivity (Wildman–Crippen MR) is 161 cm³/mol. The molecule has 4 N–H and O–H groups in total. The highest BCUT2D eigenvalue weighted by atomic mass is 32.1. The zero-order chi connectivity index (χ0) is 27.1. The van der Waals surface area contributed by atoms with E-state index in [9.17, 15) is 4.79 Å². The third kappa shape index (κ3) is 4.78. The second-order valence-corrected chi connectivity index (χ2v) is 11.7. The van der Waals surface area contributed by atoms with Crippen molar-refractivity contribution < 1.29 is 4.79 Å². The minimum atomic E-state index is 0.0299. The second-order valence-electron chi connectivity index (χ2n) is 10.5. The monoisotopic (exact) mass is 547 g/mol. The fourth-order valence-electron chi connectivity index (χ4n) is 5.57. The number of hydrogen-bond donors (Lipinski definition) is 4. The van der Waals surface area contributed by atoms with Crippen molar-refractivity contribution in [2.45, 2.75) is 26.2 Å². The Bertz CT molecular complexity index is 1840. The first kappa shape index (κ1) is 24.7. The van der Waals surface area contributed by atoms with Gasteiger partial charge in [-0.2, -0.15) is 5.10 Å². The van der Waals surface area contributed by atoms with Crippen LogP contribution < -0.4 is 10.6 Å². The number of H-pyrrole nitrogens is 2. The third-order valence-corrected chi connectivity index (χ3v) is 8.66. The highest BCUT2D eigenvalue weighted by Crippen LogP contribution is 2.37. The third-order valence-electron chi connectivity index (χ3n) is 7.62. The van der Waals surface area contributed by atoms with Crippen LogP contribution in [0.25, 0.3) is 54.9 Å². The molecular weight excluding hydrogens is 518 g/mol. The Morgan fingerprint density at radius 1 is 1.02 bits per heavy atom. The van der Waals surface area contributed by atoms with Gasteiger partial charge in [0.1, 0.15) is 5.69 Å². The van der Waals surface area contributed by atoms with Crippen molar-refractivity contribution in [3.63, 3.8) is 0 Å². The fourth-order valence-corrected chi connectivity index (χ4v) is 6.47. The summed E-state index contributed by atoms with van der Waals surface area (Å²) < 4.78 is 0. The molecule has 1 aromatic carbocycles. The number of pyridine rings is 2. The predicted octanol–water partition coefficient (Wildman–Crippen LogP) is 6.53. The molecule has 0 spiro atoms. The molecular formula is C31H29N7OS. The molecule has 9 heteroatoms. The molecule has 200 valence electrons. The van der Waals surface area contributed by atoms with Crippen molar-refractivity contribution in [1.29, 1.82) is 0 Å². The minimum absolute atomic E-state index is 0.0299. The first-order chi connectivity index (χ1) is 19.6. The molecule has 1 aliphatic heterocycles. The number of nitrogens with one attached hydrogen (secondary N) is 4. The maximum absolute atomic E-state index is 12.7. The first-order valence-corrected chi connectivity index (χ1v) is 14.4. The zero-order valence-corrected chi connectivity index (χ0v) is 22.9. The molecule has 0 unspecified atom stereocenters. The van der Waals surface area contributed by atoms with Crippen molar-refractivity contribution in [3.8, 4) is 33.1 Å². The van der Waals surface area contributed by atoms with Crippen LogP contribution in [-0.2, 0) is 4.79 Å². The van der Waals surface area contributed by atoms with E-state index in [0.717, 1.165) is 65.0 Å². The Balaban J connectivity index is 1.19. The number of piperidine rings is 1. The number of carbonyl (C=O) groups excluding carboxylic acids is 1. The number of amides is 1. The van der Waals surface area contributed by atoms with Crippen LogP contribution >= 0.6 is 11.3 Å². The van der Waals surface area contributed by atoms with Gasteiger partial charge in [0.25, 0.3) is 0 Å². The van der Waals surface area contributed by atoms with Gasteiger partial charge in [0.2, 0.25) is 5.91 Å². The highest BCUT2D eigenvalue weighted by molar-refractivity contribution is 7.15. The molecule has 1 saturated heterocycles. The molecule has 5 aromatic heterocycles. The summed E-state index contributed by atoms with van der Waals surface area (Å²) in [6, 6.07) is 16.8. The van der Waals surface area contributed by atoms with Gasteiger partial charge in [0, 0.05) is 49.8 Å². The lowest BCUT2D eigenvalue weighted by atomic mass is 9.94. The van der Waals surface area contributed by atoms with Crippen LogP contribution in [0.5, 0.6) is 0 Å². The molecule has 0 radical (unpaired) electrons. The van der Waals surface area contributed by atoms with E-state index in [-0.39, 0.29) is 5.91 Å². The van der Waals surface area contributed by atoms with Crippen LogP contribution in [0.2, 0.25) is 0 Å². The fraction of sp³-hybridized carbons (Fsp3) is 0.226. The van der Waals surface area contributed by atoms with Crippen LogP contribution in [0.1, 0.15) is 24.1 Å². The molecule has 0 bridgehead atoms. The van der Waals surface area contributed by atoms with Crippen LogP contribution in [0, 0.1) is 12.8 Å². The van der Waals surface area contributed by atoms with Crippen molar-refractivity contribution >= 4 is 44.7 Å². The summed E-state index contributed by atoms with van der Waals surface area (Å²) >= 11 is 1.80. The molecule has 6 heterocycles. The van der Waals surface area contributed by atoms with E-state index in [1.54, 1.807) is 29.9 Å². The molecule has 0 aliphatic carbocycles. The van der Waals surface area contributed by atoms with Gasteiger partial charge in [-0.25, -0.2) is 0 Å². The highest BCUT2D eigenvalue weighted by Gasteiger charge is 2.18. The number of fused-ring (bicyclic) bond motifs is 2. The van der Waals surface area contributed by atoms with Crippen LogP contribution in [0.3, 0.4) is 0 Å². The van der Waals surface area contributed by atoms with Gasteiger partial charge in [-0.15, -0.1) is 11.3 Å². The summed E-state index contributed by atoms with van der Waals surface area (Å²) in [6.07, 6.45) is 7.86. The van der Waals surface area contributed by atoms with E-state index >= 15 is 0 Å². The Morgan fingerprint density at radius 2 is 1.93 bits per heavy atom. The van der Waals surface area contributed by atoms with Crippen molar-refractivity contribution in [3.05, 3.63) is 72.0 Å². The van der Waals surface area contributed by atoms with E-state index < -0.39 is 0 Å². The summed E-state index contributed by atoms with van der Waals surface area (Å²) in [5.41, 5.74) is 7.19. The number of rotatable bonds is 6. The number of benzene rings is 1. The second kappa shape index (κ2) is 10.3. The zero-order valence-electron chi connectivity index (χ0n) is 22.1. The van der Waals surface area contributed by atoms with Crippen molar-refractivity contribution in [2.24, 2.45) is 5.92 Å². The van der Waals surface area contributed by atoms with Crippen LogP contribution in [-0.4, -0.2) is 44.1 Å². The molecule has 1 amide bonds. The summed E-state index contributed by atoms with van der Waals surface area (Å²) in [7, 11) is 0. The van der Waals surface area contributed by atoms with Gasteiger partial charge in [-0.05, 0) is 75.2 Å². The molecule has 1 fully saturated rings. The molecule has 1 aliphatic rings. The number of anilines is 1. The normalized spacial score (nSPS) is 14.2. The van der Waals surface area contributed by atoms with Gasteiger partial charge in [0.05, 0.1) is 35.0 Å². The smallest absolute Gasteiger partial charge is 0.224 e. The van der Waals surface area contributed by atoms with Crippen molar-refractivity contribution in [1.82, 2.24) is 30.5 Å². The number of aryl methyl sites for hydroxylation is 1. The molecule has 0 atom stereocenters. The number of nitrogens with zero attached hydrogens (tertiary/aromatic N) is 3. The standard InChI is InChI=1S/C31H29N7OS/c1-18-5-6-29(40-18)22-3-2-4-25-23(22)13-27(36-25)31-24-14-26(34-17-28(24)37-38-31)20-12-21(16-33-15-20)35-30(39)11-19-7-9-32-10-8-19/h2-6,12-17,19,32,36H,7-11H2,1H3,(H,35,39)(H,37,38). The Hall–Kier alpha value is -4.34. The number of thiophene rings is 1. The van der Waals surface area contributed by atoms with E-state index in [1.807, 2.05) is 12.1 Å². The Kier molecular flexibility index (Phi) is 6.37. The summed E-state index contributed by atoms with van der Waals surface area (Å²) in [5.74, 6) is 0.457. The van der Waals surface area contributed by atoms with Gasteiger partial charge in [-0.3, -0.25) is 19.9 Å². The number of aromatic amines is 2. The van der Waals surface area contributed by atoms with E-state index in [4.69, 9.17) is 0 Å². The summed E-state index contributed by atoms with van der Waals surface area (Å²) in [5, 5.41) is 16.3. The molecule has 0 saturated carbocycles.